The van der Waals surface area contributed by atoms with E-state index in [9.17, 15) is 14.9 Å². The summed E-state index contributed by atoms with van der Waals surface area (Å²) in [6.45, 7) is 6.31. The van der Waals surface area contributed by atoms with Crippen molar-refractivity contribution in [1.82, 2.24) is 4.98 Å². The summed E-state index contributed by atoms with van der Waals surface area (Å²) in [7, 11) is 0. The van der Waals surface area contributed by atoms with E-state index in [1.54, 1.807) is 13.0 Å². The lowest BCUT2D eigenvalue weighted by molar-refractivity contribution is -0.115. The number of carbonyl (C=O) groups excluding carboxylic acids is 2. The Balaban J connectivity index is 1.49. The number of aromatic nitrogens is 1. The van der Waals surface area contributed by atoms with Gasteiger partial charge >= 0.3 is 5.97 Å². The lowest BCUT2D eigenvalue weighted by atomic mass is 9.89. The molecular weight excluding hydrogens is 490 g/mol. The van der Waals surface area contributed by atoms with Crippen LogP contribution in [0.5, 0.6) is 0 Å². The van der Waals surface area contributed by atoms with E-state index in [2.05, 4.69) is 42.4 Å². The van der Waals surface area contributed by atoms with Gasteiger partial charge in [0.25, 0.3) is 0 Å². The van der Waals surface area contributed by atoms with E-state index in [-0.39, 0.29) is 18.9 Å². The lowest BCUT2D eigenvalue weighted by Crippen LogP contribution is -2.16. The zero-order valence-electron chi connectivity index (χ0n) is 20.7. The van der Waals surface area contributed by atoms with E-state index < -0.39 is 5.97 Å². The molecule has 1 N–H and O–H groups in total. The van der Waals surface area contributed by atoms with Gasteiger partial charge in [0.2, 0.25) is 5.91 Å². The highest BCUT2D eigenvalue weighted by Gasteiger charge is 2.29. The van der Waals surface area contributed by atoms with E-state index in [4.69, 9.17) is 4.74 Å². The molecule has 0 fully saturated rings. The number of nitrogens with zero attached hydrogens (tertiary/aromatic N) is 2. The maximum Gasteiger partial charge on any atom is 0.341 e. The molecule has 4 rings (SSSR count). The lowest BCUT2D eigenvalue weighted by Gasteiger charge is -2.16. The second kappa shape index (κ2) is 11.7. The summed E-state index contributed by atoms with van der Waals surface area (Å²) in [6, 6.07) is 14.1. The molecule has 0 saturated heterocycles. The summed E-state index contributed by atoms with van der Waals surface area (Å²) in [5.41, 5.74) is 5.24. The third-order valence-electron chi connectivity index (χ3n) is 5.87. The first kappa shape index (κ1) is 25.9. The number of benzene rings is 1. The van der Waals surface area contributed by atoms with Crippen LogP contribution in [0.15, 0.2) is 41.4 Å². The van der Waals surface area contributed by atoms with Crippen molar-refractivity contribution in [3.63, 3.8) is 0 Å². The zero-order chi connectivity index (χ0) is 25.7. The molecule has 36 heavy (non-hydrogen) atoms. The van der Waals surface area contributed by atoms with E-state index in [1.807, 2.05) is 18.2 Å². The summed E-state index contributed by atoms with van der Waals surface area (Å²) < 4.78 is 5.34. The van der Waals surface area contributed by atoms with Gasteiger partial charge in [-0.2, -0.15) is 5.26 Å². The molecule has 0 spiro atoms. The largest absolute Gasteiger partial charge is 0.462 e. The predicted octanol–water partition coefficient (Wildman–Crippen LogP) is 6.28. The summed E-state index contributed by atoms with van der Waals surface area (Å²) in [6.07, 6.45) is 2.65. The molecule has 3 aromatic rings. The molecule has 2 aromatic heterocycles. The van der Waals surface area contributed by atoms with Gasteiger partial charge in [-0.05, 0) is 60.9 Å². The number of aryl methyl sites for hydroxylation is 1. The first-order valence-electron chi connectivity index (χ1n) is 12.1. The Morgan fingerprint density at radius 3 is 2.78 bits per heavy atom. The second-order valence-corrected chi connectivity index (χ2v) is 11.1. The van der Waals surface area contributed by atoms with Gasteiger partial charge in [0.05, 0.1) is 17.7 Å². The third-order valence-corrected chi connectivity index (χ3v) is 8.04. The van der Waals surface area contributed by atoms with Gasteiger partial charge in [0.1, 0.15) is 16.1 Å². The van der Waals surface area contributed by atoms with Crippen molar-refractivity contribution >= 4 is 40.0 Å². The highest BCUT2D eigenvalue weighted by atomic mass is 32.2. The molecule has 0 unspecified atom stereocenters. The molecular formula is C28H29N3O3S2. The number of amides is 1. The van der Waals surface area contributed by atoms with E-state index in [0.29, 0.717) is 32.8 Å². The van der Waals surface area contributed by atoms with Gasteiger partial charge in [-0.1, -0.05) is 38.1 Å². The first-order valence-corrected chi connectivity index (χ1v) is 13.9. The van der Waals surface area contributed by atoms with E-state index in [0.717, 1.165) is 41.0 Å². The smallest absolute Gasteiger partial charge is 0.341 e. The number of hydrogen-bond acceptors (Lipinski definition) is 7. The minimum atomic E-state index is -0.399. The van der Waals surface area contributed by atoms with Gasteiger partial charge < -0.3 is 10.1 Å². The number of ether oxygens (including phenoxy) is 1. The standard InChI is InChI=1S/C28H29N3O3S2/c1-4-34-28(33)24-22-12-10-18-7-5-6-8-21(18)25(22)36-27(24)31-23(32)13-14-35-26-19(16-29)9-11-20(30-26)15-17(2)3/h5-9,11,17H,4,10,12-15H2,1-3H3,(H,31,32). The van der Waals surface area contributed by atoms with Crippen molar-refractivity contribution in [3.05, 3.63) is 64.3 Å². The highest BCUT2D eigenvalue weighted by Crippen LogP contribution is 2.45. The SMILES string of the molecule is CCOC(=O)c1c(NC(=O)CCSc2nc(CC(C)C)ccc2C#N)sc2c1CCc1ccccc1-2. The molecule has 1 amide bonds. The fourth-order valence-corrected chi connectivity index (χ4v) is 6.53. The molecule has 186 valence electrons. The number of thioether (sulfide) groups is 1. The fourth-order valence-electron chi connectivity index (χ4n) is 4.28. The molecule has 0 bridgehead atoms. The van der Waals surface area contributed by atoms with Crippen LogP contribution in [0, 0.1) is 17.2 Å². The van der Waals surface area contributed by atoms with Crippen molar-refractivity contribution in [2.24, 2.45) is 5.92 Å². The summed E-state index contributed by atoms with van der Waals surface area (Å²) in [4.78, 5) is 31.4. The molecule has 2 heterocycles. The maximum absolute atomic E-state index is 12.9. The van der Waals surface area contributed by atoms with Gasteiger partial charge in [0.15, 0.2) is 0 Å². The number of carbonyl (C=O) groups is 2. The number of rotatable bonds is 9. The molecule has 1 aliphatic rings. The van der Waals surface area contributed by atoms with Gasteiger partial charge in [-0.3, -0.25) is 4.79 Å². The maximum atomic E-state index is 12.9. The van der Waals surface area contributed by atoms with Crippen molar-refractivity contribution in [2.75, 3.05) is 17.7 Å². The summed E-state index contributed by atoms with van der Waals surface area (Å²) in [5, 5.41) is 13.6. The van der Waals surface area contributed by atoms with E-state index >= 15 is 0 Å². The quantitative estimate of drug-likeness (QED) is 0.264. The number of esters is 1. The van der Waals surface area contributed by atoms with E-state index in [1.165, 1.54) is 28.7 Å². The van der Waals surface area contributed by atoms with Crippen LogP contribution in [0.25, 0.3) is 10.4 Å². The van der Waals surface area contributed by atoms with Gasteiger partial charge in [-0.15, -0.1) is 23.1 Å². The number of nitrogens with one attached hydrogen (secondary N) is 1. The Labute approximate surface area is 220 Å². The highest BCUT2D eigenvalue weighted by molar-refractivity contribution is 7.99. The number of anilines is 1. The topological polar surface area (TPSA) is 92.1 Å². The van der Waals surface area contributed by atoms with Crippen LogP contribution in [-0.4, -0.2) is 29.2 Å². The molecule has 1 aromatic carbocycles. The number of hydrogen-bond donors (Lipinski definition) is 1. The Kier molecular flexibility index (Phi) is 8.44. The first-order chi connectivity index (χ1) is 17.4. The Morgan fingerprint density at radius 2 is 2.03 bits per heavy atom. The zero-order valence-corrected chi connectivity index (χ0v) is 22.4. The average molecular weight is 520 g/mol. The van der Waals surface area contributed by atoms with Crippen molar-refractivity contribution in [1.29, 1.82) is 5.26 Å². The second-order valence-electron chi connectivity index (χ2n) is 9.00. The van der Waals surface area contributed by atoms with Crippen molar-refractivity contribution in [2.45, 2.75) is 51.5 Å². The number of nitriles is 1. The number of fused-ring (bicyclic) bond motifs is 3. The van der Waals surface area contributed by atoms with Crippen molar-refractivity contribution in [3.8, 4) is 16.5 Å². The van der Waals surface area contributed by atoms with Gasteiger partial charge in [0, 0.05) is 22.7 Å². The predicted molar refractivity (Wildman–Crippen MR) is 145 cm³/mol. The molecule has 0 saturated carbocycles. The molecule has 0 aliphatic heterocycles. The minimum absolute atomic E-state index is 0.184. The summed E-state index contributed by atoms with van der Waals surface area (Å²) in [5.74, 6) is 0.355. The van der Waals surface area contributed by atoms with Crippen LogP contribution in [0.1, 0.15) is 59.9 Å². The molecule has 6 nitrogen and oxygen atoms in total. The number of pyridine rings is 1. The Hall–Kier alpha value is -3.15. The van der Waals surface area contributed by atoms with Crippen molar-refractivity contribution < 1.29 is 14.3 Å². The fraction of sp³-hybridized carbons (Fsp3) is 0.357. The monoisotopic (exact) mass is 519 g/mol. The van der Waals surface area contributed by atoms with Crippen LogP contribution in [0.4, 0.5) is 5.00 Å². The molecule has 1 aliphatic carbocycles. The third kappa shape index (κ3) is 5.80. The van der Waals surface area contributed by atoms with Crippen LogP contribution in [0.2, 0.25) is 0 Å². The normalized spacial score (nSPS) is 12.0. The van der Waals surface area contributed by atoms with Crippen LogP contribution >= 0.6 is 23.1 Å². The average Bonchev–Trinajstić information content (AvgIpc) is 3.22. The molecule has 0 atom stereocenters. The summed E-state index contributed by atoms with van der Waals surface area (Å²) >= 11 is 2.84. The number of thiophene rings is 1. The molecule has 0 radical (unpaired) electrons. The van der Waals surface area contributed by atoms with Crippen LogP contribution < -0.4 is 5.32 Å². The molecule has 8 heteroatoms. The minimum Gasteiger partial charge on any atom is -0.462 e. The Bertz CT molecular complexity index is 1320. The van der Waals surface area contributed by atoms with Crippen LogP contribution in [0.3, 0.4) is 0 Å². The van der Waals surface area contributed by atoms with Gasteiger partial charge in [-0.25, -0.2) is 9.78 Å². The Morgan fingerprint density at radius 1 is 1.22 bits per heavy atom. The van der Waals surface area contributed by atoms with Crippen LogP contribution in [-0.2, 0) is 28.8 Å².